The minimum atomic E-state index is 0.350. The van der Waals surface area contributed by atoms with Gasteiger partial charge < -0.3 is 0 Å². The van der Waals surface area contributed by atoms with Crippen molar-refractivity contribution in [3.05, 3.63) is 0 Å². The number of hydrogen-bond acceptors (Lipinski definition) is 1. The topological polar surface area (TPSA) is 17.1 Å². The highest BCUT2D eigenvalue weighted by Crippen LogP contribution is 2.68. The van der Waals surface area contributed by atoms with E-state index in [-0.39, 0.29) is 0 Å². The van der Waals surface area contributed by atoms with Gasteiger partial charge in [0.15, 0.2) is 0 Å². The molecular formula is C25H42O. The maximum atomic E-state index is 12.2. The molecule has 0 heterocycles. The van der Waals surface area contributed by atoms with Gasteiger partial charge in [0.25, 0.3) is 0 Å². The normalized spacial score (nSPS) is 49.0. The van der Waals surface area contributed by atoms with Crippen LogP contribution in [0.4, 0.5) is 0 Å². The van der Waals surface area contributed by atoms with Crippen LogP contribution < -0.4 is 0 Å². The van der Waals surface area contributed by atoms with Crippen molar-refractivity contribution >= 4 is 5.78 Å². The third-order valence-electron chi connectivity index (χ3n) is 10.1. The molecule has 0 bridgehead atoms. The molecule has 4 saturated carbocycles. The summed E-state index contributed by atoms with van der Waals surface area (Å²) in [4.78, 5) is 12.2. The van der Waals surface area contributed by atoms with Crippen molar-refractivity contribution in [3.63, 3.8) is 0 Å². The van der Waals surface area contributed by atoms with E-state index in [1.165, 1.54) is 51.4 Å². The van der Waals surface area contributed by atoms with Crippen LogP contribution in [-0.4, -0.2) is 5.78 Å². The number of fused-ring (bicyclic) bond motifs is 5. The monoisotopic (exact) mass is 358 g/mol. The van der Waals surface area contributed by atoms with Crippen LogP contribution in [0, 0.1) is 52.3 Å². The number of hydrogen-bond donors (Lipinski definition) is 0. The molecule has 8 atom stereocenters. The second kappa shape index (κ2) is 6.63. The molecule has 1 nitrogen and oxygen atoms in total. The molecule has 0 aromatic carbocycles. The van der Waals surface area contributed by atoms with Crippen LogP contribution in [0.2, 0.25) is 0 Å². The van der Waals surface area contributed by atoms with E-state index in [4.69, 9.17) is 0 Å². The quantitative estimate of drug-likeness (QED) is 0.534. The van der Waals surface area contributed by atoms with Gasteiger partial charge in [-0.3, -0.25) is 4.79 Å². The molecule has 0 N–H and O–H groups in total. The fourth-order valence-electron chi connectivity index (χ4n) is 8.69. The largest absolute Gasteiger partial charge is 0.300 e. The molecule has 4 aliphatic rings. The van der Waals surface area contributed by atoms with E-state index in [9.17, 15) is 4.79 Å². The molecule has 0 aromatic rings. The zero-order valence-electron chi connectivity index (χ0n) is 18.0. The van der Waals surface area contributed by atoms with E-state index >= 15 is 0 Å². The van der Waals surface area contributed by atoms with Crippen molar-refractivity contribution in [2.45, 2.75) is 98.8 Å². The number of rotatable bonds is 4. The number of carbonyl (C=O) groups is 1. The molecule has 4 aliphatic carbocycles. The van der Waals surface area contributed by atoms with Crippen molar-refractivity contribution < 1.29 is 4.79 Å². The molecule has 0 spiro atoms. The Morgan fingerprint density at radius 1 is 0.923 bits per heavy atom. The molecule has 0 radical (unpaired) electrons. The first-order valence-electron chi connectivity index (χ1n) is 11.8. The Balaban J connectivity index is 1.52. The summed E-state index contributed by atoms with van der Waals surface area (Å²) in [5.41, 5.74) is 0.937. The Hall–Kier alpha value is -0.330. The van der Waals surface area contributed by atoms with Gasteiger partial charge in [0.2, 0.25) is 0 Å². The van der Waals surface area contributed by atoms with Gasteiger partial charge in [-0.15, -0.1) is 0 Å². The van der Waals surface area contributed by atoms with E-state index in [1.807, 2.05) is 0 Å². The lowest BCUT2D eigenvalue weighted by Crippen LogP contribution is -2.50. The summed E-state index contributed by atoms with van der Waals surface area (Å²) < 4.78 is 0. The van der Waals surface area contributed by atoms with Gasteiger partial charge >= 0.3 is 0 Å². The Morgan fingerprint density at radius 3 is 2.38 bits per heavy atom. The summed E-state index contributed by atoms with van der Waals surface area (Å²) in [6, 6.07) is 0. The first kappa shape index (κ1) is 19.0. The van der Waals surface area contributed by atoms with Gasteiger partial charge in [-0.05, 0) is 90.8 Å². The Labute approximate surface area is 162 Å². The zero-order valence-corrected chi connectivity index (χ0v) is 18.0. The van der Waals surface area contributed by atoms with Crippen LogP contribution in [0.15, 0.2) is 0 Å². The second-order valence-corrected chi connectivity index (χ2v) is 11.8. The van der Waals surface area contributed by atoms with Gasteiger partial charge in [0.05, 0.1) is 0 Å². The first-order chi connectivity index (χ1) is 12.3. The average molecular weight is 359 g/mol. The van der Waals surface area contributed by atoms with Crippen LogP contribution in [-0.2, 0) is 4.79 Å². The molecule has 1 heteroatoms. The minimum Gasteiger partial charge on any atom is -0.300 e. The highest BCUT2D eigenvalue weighted by molar-refractivity contribution is 5.82. The summed E-state index contributed by atoms with van der Waals surface area (Å²) in [5, 5.41) is 0. The lowest BCUT2D eigenvalue weighted by atomic mass is 9.47. The summed E-state index contributed by atoms with van der Waals surface area (Å²) >= 11 is 0. The molecule has 0 aromatic heterocycles. The SMILES string of the molecule is CC(C)CC[C@@H](C)[C@@H]1CC[C@H]2[C@H]3CC[C@H]4CC(=O)C[C@]4(C)[C@@H]3CC[C@@]21C. The maximum absolute atomic E-state index is 12.2. The molecule has 0 unspecified atom stereocenters. The molecule has 4 rings (SSSR count). The van der Waals surface area contributed by atoms with Gasteiger partial charge in [0.1, 0.15) is 5.78 Å². The summed E-state index contributed by atoms with van der Waals surface area (Å²) in [7, 11) is 0. The van der Waals surface area contributed by atoms with E-state index in [0.717, 1.165) is 48.3 Å². The summed E-state index contributed by atoms with van der Waals surface area (Å²) in [6.45, 7) is 12.5. The van der Waals surface area contributed by atoms with E-state index in [0.29, 0.717) is 22.5 Å². The fraction of sp³-hybridized carbons (Fsp3) is 0.960. The van der Waals surface area contributed by atoms with Crippen LogP contribution in [0.3, 0.4) is 0 Å². The Bertz CT molecular complexity index is 550. The molecule has 148 valence electrons. The number of carbonyl (C=O) groups excluding carboxylic acids is 1. The number of ketones is 1. The third-order valence-corrected chi connectivity index (χ3v) is 10.1. The first-order valence-corrected chi connectivity index (χ1v) is 11.8. The fourth-order valence-corrected chi connectivity index (χ4v) is 8.69. The standard InChI is InChI=1S/C25H42O/c1-16(2)6-7-17(3)21-10-11-22-20-9-8-18-14-19(26)15-25(18,5)23(20)12-13-24(21,22)4/h16-18,20-23H,6-15H2,1-5H3/t17-,18+,20-,21+,22+,23-,24-,25+/m1/s1. The molecule has 26 heavy (non-hydrogen) atoms. The van der Waals surface area contributed by atoms with Crippen LogP contribution in [0.5, 0.6) is 0 Å². The lowest BCUT2D eigenvalue weighted by Gasteiger charge is -2.58. The van der Waals surface area contributed by atoms with Crippen molar-refractivity contribution in [1.82, 2.24) is 0 Å². The van der Waals surface area contributed by atoms with Gasteiger partial charge in [-0.2, -0.15) is 0 Å². The predicted molar refractivity (Wildman–Crippen MR) is 109 cm³/mol. The van der Waals surface area contributed by atoms with Crippen molar-refractivity contribution in [3.8, 4) is 0 Å². The van der Waals surface area contributed by atoms with Crippen molar-refractivity contribution in [1.29, 1.82) is 0 Å². The van der Waals surface area contributed by atoms with Gasteiger partial charge in [-0.25, -0.2) is 0 Å². The van der Waals surface area contributed by atoms with E-state index in [1.54, 1.807) is 0 Å². The van der Waals surface area contributed by atoms with E-state index < -0.39 is 0 Å². The molecule has 4 fully saturated rings. The zero-order chi connectivity index (χ0) is 18.7. The summed E-state index contributed by atoms with van der Waals surface area (Å²) in [5.74, 6) is 6.67. The minimum absolute atomic E-state index is 0.350. The smallest absolute Gasteiger partial charge is 0.133 e. The van der Waals surface area contributed by atoms with E-state index in [2.05, 4.69) is 34.6 Å². The molecular weight excluding hydrogens is 316 g/mol. The molecule has 0 saturated heterocycles. The van der Waals surface area contributed by atoms with Crippen LogP contribution in [0.25, 0.3) is 0 Å². The van der Waals surface area contributed by atoms with Crippen molar-refractivity contribution in [2.24, 2.45) is 52.3 Å². The predicted octanol–water partition coefficient (Wildman–Crippen LogP) is 6.90. The highest BCUT2D eigenvalue weighted by atomic mass is 16.1. The number of Topliss-reactive ketones (excluding diaryl/α,β-unsaturated/α-hetero) is 1. The van der Waals surface area contributed by atoms with Crippen LogP contribution in [0.1, 0.15) is 98.8 Å². The van der Waals surface area contributed by atoms with Gasteiger partial charge in [0, 0.05) is 12.8 Å². The van der Waals surface area contributed by atoms with Crippen molar-refractivity contribution in [2.75, 3.05) is 0 Å². The summed E-state index contributed by atoms with van der Waals surface area (Å²) in [6.07, 6.45) is 13.2. The van der Waals surface area contributed by atoms with Crippen LogP contribution >= 0.6 is 0 Å². The van der Waals surface area contributed by atoms with Gasteiger partial charge in [-0.1, -0.05) is 47.5 Å². The molecule has 0 amide bonds. The average Bonchev–Trinajstić information content (AvgIpc) is 3.07. The Morgan fingerprint density at radius 2 is 1.65 bits per heavy atom. The maximum Gasteiger partial charge on any atom is 0.133 e. The molecule has 0 aliphatic heterocycles. The second-order valence-electron chi connectivity index (χ2n) is 11.8. The highest BCUT2D eigenvalue weighted by Gasteiger charge is 2.61. The third kappa shape index (κ3) is 2.82. The Kier molecular flexibility index (Phi) is 4.84. The lowest BCUT2D eigenvalue weighted by molar-refractivity contribution is -0.119.